The van der Waals surface area contributed by atoms with E-state index in [0.717, 1.165) is 25.9 Å². The van der Waals surface area contributed by atoms with Gasteiger partial charge in [-0.25, -0.2) is 0 Å². The summed E-state index contributed by atoms with van der Waals surface area (Å²) in [5, 5.41) is 0. The average molecular weight is 254 g/mol. The molecular weight excluding hydrogens is 232 g/mol. The summed E-state index contributed by atoms with van der Waals surface area (Å²) in [5.74, 6) is 0.587. The van der Waals surface area contributed by atoms with E-state index in [2.05, 4.69) is 55.5 Å². The van der Waals surface area contributed by atoms with Crippen molar-refractivity contribution in [2.24, 2.45) is 5.92 Å². The lowest BCUT2D eigenvalue weighted by Gasteiger charge is -2.37. The van der Waals surface area contributed by atoms with Gasteiger partial charge >= 0.3 is 0 Å². The summed E-state index contributed by atoms with van der Waals surface area (Å²) in [7, 11) is 0. The van der Waals surface area contributed by atoms with Gasteiger partial charge in [0.15, 0.2) is 0 Å². The molecule has 0 bridgehead atoms. The summed E-state index contributed by atoms with van der Waals surface area (Å²) in [6.45, 7) is 3.16. The van der Waals surface area contributed by atoms with Crippen molar-refractivity contribution < 1.29 is 4.74 Å². The molecule has 2 aliphatic rings. The lowest BCUT2D eigenvalue weighted by molar-refractivity contribution is 0.00801. The molecule has 1 heterocycles. The van der Waals surface area contributed by atoms with E-state index >= 15 is 0 Å². The van der Waals surface area contributed by atoms with Gasteiger partial charge in [-0.2, -0.15) is 0 Å². The van der Waals surface area contributed by atoms with Crippen LogP contribution in [0.1, 0.15) is 38.2 Å². The molecule has 0 N–H and O–H groups in total. The molecule has 1 nitrogen and oxygen atoms in total. The summed E-state index contributed by atoms with van der Waals surface area (Å²) < 4.78 is 6.35. The first-order valence-corrected chi connectivity index (χ1v) is 7.44. The average Bonchev–Trinajstić information content (AvgIpc) is 2.94. The van der Waals surface area contributed by atoms with E-state index in [-0.39, 0.29) is 5.60 Å². The summed E-state index contributed by atoms with van der Waals surface area (Å²) in [4.78, 5) is 0. The Kier molecular flexibility index (Phi) is 3.56. The molecule has 1 aromatic carbocycles. The van der Waals surface area contributed by atoms with Crippen molar-refractivity contribution in [2.75, 3.05) is 6.61 Å². The fraction of sp³-hybridized carbons (Fsp3) is 0.444. The lowest BCUT2D eigenvalue weighted by Crippen LogP contribution is -2.34. The minimum Gasteiger partial charge on any atom is -0.365 e. The Bertz CT molecular complexity index is 486. The smallest absolute Gasteiger partial charge is 0.121 e. The van der Waals surface area contributed by atoms with Gasteiger partial charge in [-0.3, -0.25) is 0 Å². The Hall–Kier alpha value is -1.34. The lowest BCUT2D eigenvalue weighted by atomic mass is 9.73. The first kappa shape index (κ1) is 12.7. The highest BCUT2D eigenvalue weighted by Gasteiger charge is 2.46. The van der Waals surface area contributed by atoms with Crippen LogP contribution in [-0.4, -0.2) is 6.61 Å². The number of rotatable bonds is 3. The van der Waals surface area contributed by atoms with Gasteiger partial charge in [-0.15, -0.1) is 0 Å². The minimum atomic E-state index is -0.201. The maximum absolute atomic E-state index is 6.35. The first-order chi connectivity index (χ1) is 9.38. The summed E-state index contributed by atoms with van der Waals surface area (Å²) >= 11 is 0. The van der Waals surface area contributed by atoms with E-state index in [0.29, 0.717) is 5.92 Å². The summed E-state index contributed by atoms with van der Waals surface area (Å²) in [6.07, 6.45) is 11.6. The minimum absolute atomic E-state index is 0.201. The van der Waals surface area contributed by atoms with E-state index < -0.39 is 0 Å². The van der Waals surface area contributed by atoms with E-state index in [1.54, 1.807) is 0 Å². The van der Waals surface area contributed by atoms with E-state index in [1.807, 2.05) is 0 Å². The van der Waals surface area contributed by atoms with Crippen molar-refractivity contribution in [2.45, 2.75) is 38.2 Å². The normalized spacial score (nSPS) is 30.4. The van der Waals surface area contributed by atoms with Crippen LogP contribution in [0.15, 0.2) is 54.1 Å². The molecule has 3 rings (SSSR count). The number of allylic oxidation sites excluding steroid dienone is 2. The topological polar surface area (TPSA) is 9.23 Å². The summed E-state index contributed by atoms with van der Waals surface area (Å²) in [6, 6.07) is 10.8. The standard InChI is InChI=1S/C18H22O/c1-2-15-13-14-19-18(15,16-9-5-3-6-10-16)17-11-7-4-8-12-17/h3,5-7,9-12,15H,2,4,8,13-14H2,1H3. The predicted molar refractivity (Wildman–Crippen MR) is 78.9 cm³/mol. The second kappa shape index (κ2) is 5.34. The SMILES string of the molecule is CCC1CCOC1(C1=CCCC=C1)c1ccccc1. The van der Waals surface area contributed by atoms with Crippen LogP contribution in [0.2, 0.25) is 0 Å². The van der Waals surface area contributed by atoms with Crippen molar-refractivity contribution in [3.8, 4) is 0 Å². The van der Waals surface area contributed by atoms with Crippen LogP contribution in [0.4, 0.5) is 0 Å². The van der Waals surface area contributed by atoms with E-state index in [4.69, 9.17) is 4.74 Å². The maximum atomic E-state index is 6.35. The first-order valence-electron chi connectivity index (χ1n) is 7.44. The zero-order valence-corrected chi connectivity index (χ0v) is 11.6. The van der Waals surface area contributed by atoms with Gasteiger partial charge in [0.25, 0.3) is 0 Å². The highest BCUT2D eigenvalue weighted by Crippen LogP contribution is 2.49. The molecule has 1 aromatic rings. The van der Waals surface area contributed by atoms with E-state index in [9.17, 15) is 0 Å². The molecule has 1 heteroatoms. The molecule has 0 spiro atoms. The molecule has 100 valence electrons. The van der Waals surface area contributed by atoms with Crippen LogP contribution in [0, 0.1) is 5.92 Å². The Balaban J connectivity index is 2.10. The molecule has 1 aliphatic carbocycles. The number of hydrogen-bond donors (Lipinski definition) is 0. The zero-order chi connectivity index (χ0) is 13.1. The van der Waals surface area contributed by atoms with Crippen LogP contribution < -0.4 is 0 Å². The second-order valence-corrected chi connectivity index (χ2v) is 5.48. The summed E-state index contributed by atoms with van der Waals surface area (Å²) in [5.41, 5.74) is 2.49. The molecule has 0 aromatic heterocycles. The van der Waals surface area contributed by atoms with Gasteiger partial charge in [0.1, 0.15) is 5.60 Å². The quantitative estimate of drug-likeness (QED) is 0.765. The van der Waals surface area contributed by atoms with Crippen LogP contribution in [0.5, 0.6) is 0 Å². The highest BCUT2D eigenvalue weighted by molar-refractivity contribution is 5.42. The van der Waals surface area contributed by atoms with Crippen LogP contribution in [-0.2, 0) is 10.3 Å². The van der Waals surface area contributed by atoms with Crippen molar-refractivity contribution in [1.82, 2.24) is 0 Å². The number of benzene rings is 1. The van der Waals surface area contributed by atoms with E-state index in [1.165, 1.54) is 17.6 Å². The molecule has 19 heavy (non-hydrogen) atoms. The largest absolute Gasteiger partial charge is 0.365 e. The van der Waals surface area contributed by atoms with Crippen molar-refractivity contribution in [1.29, 1.82) is 0 Å². The fourth-order valence-corrected chi connectivity index (χ4v) is 3.55. The zero-order valence-electron chi connectivity index (χ0n) is 11.6. The molecule has 1 aliphatic heterocycles. The molecule has 1 fully saturated rings. The molecule has 0 radical (unpaired) electrons. The fourth-order valence-electron chi connectivity index (χ4n) is 3.55. The van der Waals surface area contributed by atoms with Crippen LogP contribution in [0.3, 0.4) is 0 Å². The molecule has 1 saturated heterocycles. The molecule has 0 saturated carbocycles. The Morgan fingerprint density at radius 3 is 2.74 bits per heavy atom. The monoisotopic (exact) mass is 254 g/mol. The predicted octanol–water partition coefficient (Wildman–Crippen LogP) is 4.60. The van der Waals surface area contributed by atoms with Gasteiger partial charge in [0.2, 0.25) is 0 Å². The van der Waals surface area contributed by atoms with Crippen LogP contribution in [0.25, 0.3) is 0 Å². The third-order valence-corrected chi connectivity index (χ3v) is 4.49. The Morgan fingerprint density at radius 1 is 1.21 bits per heavy atom. The number of ether oxygens (including phenoxy) is 1. The Morgan fingerprint density at radius 2 is 2.05 bits per heavy atom. The van der Waals surface area contributed by atoms with Gasteiger partial charge in [-0.05, 0) is 42.7 Å². The van der Waals surface area contributed by atoms with Crippen molar-refractivity contribution in [3.05, 3.63) is 59.7 Å². The second-order valence-electron chi connectivity index (χ2n) is 5.48. The number of hydrogen-bond acceptors (Lipinski definition) is 1. The maximum Gasteiger partial charge on any atom is 0.121 e. The molecule has 0 amide bonds. The molecule has 2 unspecified atom stereocenters. The van der Waals surface area contributed by atoms with Crippen LogP contribution >= 0.6 is 0 Å². The third-order valence-electron chi connectivity index (χ3n) is 4.49. The van der Waals surface area contributed by atoms with Gasteiger partial charge in [-0.1, -0.05) is 55.5 Å². The van der Waals surface area contributed by atoms with Crippen molar-refractivity contribution >= 4 is 0 Å². The van der Waals surface area contributed by atoms with Gasteiger partial charge in [0, 0.05) is 6.61 Å². The molecule has 2 atom stereocenters. The van der Waals surface area contributed by atoms with Gasteiger partial charge in [0.05, 0.1) is 0 Å². The van der Waals surface area contributed by atoms with Crippen molar-refractivity contribution in [3.63, 3.8) is 0 Å². The Labute approximate surface area is 116 Å². The van der Waals surface area contributed by atoms with Gasteiger partial charge < -0.3 is 4.74 Å². The highest BCUT2D eigenvalue weighted by atomic mass is 16.5. The molecular formula is C18H22O. The third kappa shape index (κ3) is 2.06.